The molecule has 1 rings (SSSR count). The average molecular weight is 441 g/mol. The second-order valence-corrected chi connectivity index (χ2v) is 7.32. The fraction of sp³-hybridized carbons (Fsp3) is 0.667. The van der Waals surface area contributed by atoms with Gasteiger partial charge in [0.05, 0.1) is 0 Å². The lowest BCUT2D eigenvalue weighted by Crippen LogP contribution is -2.43. The monoisotopic (exact) mass is 441 g/mol. The first-order valence-electron chi connectivity index (χ1n) is 7.17. The molecule has 1 atom stereocenters. The Labute approximate surface area is 154 Å². The summed E-state index contributed by atoms with van der Waals surface area (Å²) in [5.74, 6) is 2.15. The van der Waals surface area contributed by atoms with Crippen LogP contribution in [0.3, 0.4) is 0 Å². The summed E-state index contributed by atoms with van der Waals surface area (Å²) >= 11 is 3.78. The van der Waals surface area contributed by atoms with Gasteiger partial charge in [0.25, 0.3) is 0 Å². The molecule has 0 radical (unpaired) electrons. The normalized spacial score (nSPS) is 12.7. The van der Waals surface area contributed by atoms with Crippen molar-refractivity contribution in [2.75, 3.05) is 25.6 Å². The summed E-state index contributed by atoms with van der Waals surface area (Å²) in [6, 6.07) is 4.80. The molecule has 0 saturated carbocycles. The standard InChI is InChI=1S/C15H27N3S2.HI/c1-12(11-14-8-7-13(2)20-14)18-15(16-3)17-9-5-6-10-19-4;/h7-8,12H,5-6,9-11H2,1-4H3,(H2,16,17,18);1H. The van der Waals surface area contributed by atoms with E-state index in [-0.39, 0.29) is 24.0 Å². The Morgan fingerprint density at radius 3 is 2.71 bits per heavy atom. The van der Waals surface area contributed by atoms with E-state index in [1.165, 1.54) is 28.3 Å². The first-order chi connectivity index (χ1) is 9.65. The Balaban J connectivity index is 0.00000400. The highest BCUT2D eigenvalue weighted by Crippen LogP contribution is 2.16. The molecule has 1 aromatic rings. The van der Waals surface area contributed by atoms with E-state index in [4.69, 9.17) is 0 Å². The second-order valence-electron chi connectivity index (χ2n) is 4.96. The van der Waals surface area contributed by atoms with Crippen molar-refractivity contribution in [3.63, 3.8) is 0 Å². The van der Waals surface area contributed by atoms with Crippen LogP contribution in [0.5, 0.6) is 0 Å². The second kappa shape index (κ2) is 12.6. The summed E-state index contributed by atoms with van der Waals surface area (Å²) in [6.07, 6.45) is 5.66. The lowest BCUT2D eigenvalue weighted by Gasteiger charge is -2.17. The van der Waals surface area contributed by atoms with Crippen molar-refractivity contribution in [2.24, 2.45) is 4.99 Å². The molecule has 0 bridgehead atoms. The van der Waals surface area contributed by atoms with E-state index in [2.05, 4.69) is 47.9 Å². The summed E-state index contributed by atoms with van der Waals surface area (Å²) in [7, 11) is 1.83. The maximum Gasteiger partial charge on any atom is 0.191 e. The van der Waals surface area contributed by atoms with Gasteiger partial charge in [0.2, 0.25) is 0 Å². The summed E-state index contributed by atoms with van der Waals surface area (Å²) in [5.41, 5.74) is 0. The van der Waals surface area contributed by atoms with Gasteiger partial charge in [-0.15, -0.1) is 35.3 Å². The zero-order valence-corrected chi connectivity index (χ0v) is 17.4. The van der Waals surface area contributed by atoms with Crippen LogP contribution in [0.1, 0.15) is 29.5 Å². The van der Waals surface area contributed by atoms with Gasteiger partial charge in [0.15, 0.2) is 5.96 Å². The minimum Gasteiger partial charge on any atom is -0.356 e. The highest BCUT2D eigenvalue weighted by Gasteiger charge is 2.07. The molecule has 1 aromatic heterocycles. The summed E-state index contributed by atoms with van der Waals surface area (Å²) < 4.78 is 0. The number of hydrogen-bond donors (Lipinski definition) is 2. The minimum absolute atomic E-state index is 0. The molecule has 122 valence electrons. The van der Waals surface area contributed by atoms with Crippen LogP contribution in [-0.2, 0) is 6.42 Å². The molecule has 1 unspecified atom stereocenters. The molecule has 1 heterocycles. The molecule has 6 heteroatoms. The van der Waals surface area contributed by atoms with Crippen molar-refractivity contribution in [1.82, 2.24) is 10.6 Å². The van der Waals surface area contributed by atoms with Crippen molar-refractivity contribution >= 4 is 53.0 Å². The van der Waals surface area contributed by atoms with Gasteiger partial charge in [-0.3, -0.25) is 4.99 Å². The molecule has 0 saturated heterocycles. The third-order valence-corrected chi connectivity index (χ3v) is 4.70. The van der Waals surface area contributed by atoms with Crippen LogP contribution in [0.2, 0.25) is 0 Å². The molecule has 0 fully saturated rings. The highest BCUT2D eigenvalue weighted by molar-refractivity contribution is 14.0. The Hall–Kier alpha value is 0.0500. The number of aliphatic imine (C=N–C) groups is 1. The summed E-state index contributed by atoms with van der Waals surface area (Å²) in [6.45, 7) is 5.35. The number of hydrogen-bond acceptors (Lipinski definition) is 3. The molecule has 0 aromatic carbocycles. The number of nitrogens with zero attached hydrogens (tertiary/aromatic N) is 1. The number of unbranched alkanes of at least 4 members (excludes halogenated alkanes) is 1. The summed E-state index contributed by atoms with van der Waals surface area (Å²) in [4.78, 5) is 7.09. The van der Waals surface area contributed by atoms with Crippen LogP contribution in [-0.4, -0.2) is 37.6 Å². The molecule has 0 aliphatic carbocycles. The van der Waals surface area contributed by atoms with E-state index >= 15 is 0 Å². The lowest BCUT2D eigenvalue weighted by molar-refractivity contribution is 0.638. The maximum atomic E-state index is 4.29. The van der Waals surface area contributed by atoms with Gasteiger partial charge in [0, 0.05) is 35.8 Å². The Morgan fingerprint density at radius 2 is 2.14 bits per heavy atom. The fourth-order valence-electron chi connectivity index (χ4n) is 1.95. The van der Waals surface area contributed by atoms with Crippen LogP contribution < -0.4 is 10.6 Å². The van der Waals surface area contributed by atoms with Gasteiger partial charge in [-0.25, -0.2) is 0 Å². The van der Waals surface area contributed by atoms with Gasteiger partial charge in [-0.05, 0) is 50.8 Å². The van der Waals surface area contributed by atoms with Gasteiger partial charge in [0.1, 0.15) is 0 Å². The third kappa shape index (κ3) is 9.63. The maximum absolute atomic E-state index is 4.29. The van der Waals surface area contributed by atoms with Crippen LogP contribution in [0, 0.1) is 6.92 Å². The van der Waals surface area contributed by atoms with Crippen LogP contribution in [0.4, 0.5) is 0 Å². The largest absolute Gasteiger partial charge is 0.356 e. The van der Waals surface area contributed by atoms with Crippen LogP contribution in [0.15, 0.2) is 17.1 Å². The number of thiophene rings is 1. The van der Waals surface area contributed by atoms with Gasteiger partial charge < -0.3 is 10.6 Å². The molecule has 0 spiro atoms. The minimum atomic E-state index is 0. The lowest BCUT2D eigenvalue weighted by atomic mass is 10.2. The average Bonchev–Trinajstić information content (AvgIpc) is 2.82. The molecule has 3 nitrogen and oxygen atoms in total. The molecule has 0 aliphatic rings. The number of rotatable bonds is 8. The Morgan fingerprint density at radius 1 is 1.38 bits per heavy atom. The van der Waals surface area contributed by atoms with Crippen LogP contribution >= 0.6 is 47.1 Å². The van der Waals surface area contributed by atoms with E-state index < -0.39 is 0 Å². The van der Waals surface area contributed by atoms with Crippen molar-refractivity contribution in [3.8, 4) is 0 Å². The number of halogens is 1. The molecule has 2 N–H and O–H groups in total. The van der Waals surface area contributed by atoms with E-state index in [0.717, 1.165) is 18.9 Å². The van der Waals surface area contributed by atoms with Gasteiger partial charge in [-0.1, -0.05) is 0 Å². The van der Waals surface area contributed by atoms with Crippen molar-refractivity contribution in [1.29, 1.82) is 0 Å². The first kappa shape index (κ1) is 21.0. The smallest absolute Gasteiger partial charge is 0.191 e. The van der Waals surface area contributed by atoms with E-state index in [9.17, 15) is 0 Å². The number of nitrogens with one attached hydrogen (secondary N) is 2. The zero-order valence-electron chi connectivity index (χ0n) is 13.4. The molecule has 21 heavy (non-hydrogen) atoms. The number of guanidine groups is 1. The number of aryl methyl sites for hydroxylation is 1. The predicted molar refractivity (Wildman–Crippen MR) is 110 cm³/mol. The SMILES string of the molecule is CN=C(NCCCCSC)NC(C)Cc1ccc(C)s1.I. The van der Waals surface area contributed by atoms with E-state index in [1.54, 1.807) is 0 Å². The first-order valence-corrected chi connectivity index (χ1v) is 9.38. The van der Waals surface area contributed by atoms with Gasteiger partial charge >= 0.3 is 0 Å². The number of thioether (sulfide) groups is 1. The fourth-order valence-corrected chi connectivity index (χ4v) is 3.47. The molecule has 0 aliphatic heterocycles. The van der Waals surface area contributed by atoms with Crippen molar-refractivity contribution in [2.45, 2.75) is 39.2 Å². The van der Waals surface area contributed by atoms with Crippen molar-refractivity contribution in [3.05, 3.63) is 21.9 Å². The van der Waals surface area contributed by atoms with Crippen molar-refractivity contribution < 1.29 is 0 Å². The van der Waals surface area contributed by atoms with Crippen LogP contribution in [0.25, 0.3) is 0 Å². The zero-order chi connectivity index (χ0) is 14.8. The van der Waals surface area contributed by atoms with Gasteiger partial charge in [-0.2, -0.15) is 11.8 Å². The van der Waals surface area contributed by atoms with E-state index in [0.29, 0.717) is 6.04 Å². The highest BCUT2D eigenvalue weighted by atomic mass is 127. The Kier molecular flexibility index (Phi) is 12.6. The quantitative estimate of drug-likeness (QED) is 0.278. The Bertz CT molecular complexity index is 407. The summed E-state index contributed by atoms with van der Waals surface area (Å²) in [5, 5.41) is 6.84. The third-order valence-electron chi connectivity index (χ3n) is 2.98. The topological polar surface area (TPSA) is 36.4 Å². The van der Waals surface area contributed by atoms with E-state index in [1.807, 2.05) is 30.1 Å². The molecular formula is C15H28IN3S2. The predicted octanol–water partition coefficient (Wildman–Crippen LogP) is 3.91. The molecular weight excluding hydrogens is 413 g/mol. The molecule has 0 amide bonds.